The van der Waals surface area contributed by atoms with Crippen LogP contribution in [0.15, 0.2) is 46.7 Å². The zero-order chi connectivity index (χ0) is 12.6. The minimum absolute atomic E-state index is 0. The molecule has 0 radical (unpaired) electrons. The van der Waals surface area contributed by atoms with Crippen LogP contribution in [-0.2, 0) is 22.7 Å². The van der Waals surface area contributed by atoms with E-state index in [2.05, 4.69) is 61.1 Å². The SMILES string of the molecule is CC1=C(C)[C](C)([Cr+2])C(Cc2ccccn2)=C1C.[Cl-].[Cl-]. The van der Waals surface area contributed by atoms with E-state index in [1.807, 2.05) is 12.3 Å². The summed E-state index contributed by atoms with van der Waals surface area (Å²) in [5.41, 5.74) is 6.91. The van der Waals surface area contributed by atoms with Gasteiger partial charge in [0, 0.05) is 0 Å². The maximum Gasteiger partial charge on any atom is -1.00 e. The standard InChI is InChI=1S/C15H18N.2ClH.Cr/c1-10-11(2)13(4)15(12(10)3)9-14-7-5-6-8-16-14;;;/h5-8H,9H2,1-4H3;2*1H;/q;;;+2/p-2. The molecular weight excluding hydrogens is 317 g/mol. The molecule has 0 N–H and O–H groups in total. The number of allylic oxidation sites excluding steroid dienone is 4. The average molecular weight is 335 g/mol. The summed E-state index contributed by atoms with van der Waals surface area (Å²) >= 11 is 3.35. The summed E-state index contributed by atoms with van der Waals surface area (Å²) in [6, 6.07) is 6.11. The first-order chi connectivity index (χ1) is 7.94. The number of hydrogen-bond acceptors (Lipinski definition) is 1. The van der Waals surface area contributed by atoms with Gasteiger partial charge in [-0.2, -0.15) is 0 Å². The molecule has 1 heterocycles. The van der Waals surface area contributed by atoms with E-state index in [0.717, 1.165) is 12.1 Å². The van der Waals surface area contributed by atoms with Gasteiger partial charge in [0.05, 0.1) is 0 Å². The van der Waals surface area contributed by atoms with Crippen molar-refractivity contribution in [3.63, 3.8) is 0 Å². The Morgan fingerprint density at radius 3 is 2.16 bits per heavy atom. The van der Waals surface area contributed by atoms with Crippen LogP contribution < -0.4 is 24.8 Å². The van der Waals surface area contributed by atoms with Crippen LogP contribution >= 0.6 is 0 Å². The zero-order valence-electron chi connectivity index (χ0n) is 11.6. The fraction of sp³-hybridized carbons (Fsp3) is 0.400. The van der Waals surface area contributed by atoms with Crippen LogP contribution in [0, 0.1) is 0 Å². The predicted molar refractivity (Wildman–Crippen MR) is 67.4 cm³/mol. The molecule has 2 rings (SSSR count). The van der Waals surface area contributed by atoms with Crippen molar-refractivity contribution in [1.82, 2.24) is 4.98 Å². The predicted octanol–water partition coefficient (Wildman–Crippen LogP) is -1.98. The number of halogens is 2. The first-order valence-electron chi connectivity index (χ1n) is 5.93. The third-order valence-electron chi connectivity index (χ3n) is 3.95. The van der Waals surface area contributed by atoms with Crippen molar-refractivity contribution in [1.29, 1.82) is 0 Å². The average Bonchev–Trinajstić information content (AvgIpc) is 2.46. The molecule has 0 amide bonds. The number of pyridine rings is 1. The van der Waals surface area contributed by atoms with E-state index in [0.29, 0.717) is 0 Å². The second-order valence-electron chi connectivity index (χ2n) is 4.88. The van der Waals surface area contributed by atoms with Gasteiger partial charge in [0.25, 0.3) is 0 Å². The van der Waals surface area contributed by atoms with Crippen molar-refractivity contribution in [3.05, 3.63) is 52.4 Å². The maximum atomic E-state index is 4.43. The van der Waals surface area contributed by atoms with Crippen LogP contribution in [0.25, 0.3) is 0 Å². The molecule has 0 saturated carbocycles. The molecule has 0 aliphatic heterocycles. The summed E-state index contributed by atoms with van der Waals surface area (Å²) < 4.78 is 0.0612. The Kier molecular flexibility index (Phi) is 6.86. The van der Waals surface area contributed by atoms with E-state index < -0.39 is 0 Å². The monoisotopic (exact) mass is 334 g/mol. The Labute approximate surface area is 136 Å². The van der Waals surface area contributed by atoms with Gasteiger partial charge in [-0.1, -0.05) is 0 Å². The normalized spacial score (nSPS) is 22.1. The molecule has 4 heteroatoms. The Morgan fingerprint density at radius 1 is 1.11 bits per heavy atom. The van der Waals surface area contributed by atoms with Crippen molar-refractivity contribution in [3.8, 4) is 0 Å². The van der Waals surface area contributed by atoms with E-state index in [1.165, 1.54) is 22.3 Å². The Bertz CT molecular complexity index is 504. The van der Waals surface area contributed by atoms with E-state index in [1.54, 1.807) is 0 Å². The second kappa shape index (κ2) is 6.95. The van der Waals surface area contributed by atoms with Gasteiger partial charge >= 0.3 is 112 Å². The number of hydrogen-bond donors (Lipinski definition) is 0. The third kappa shape index (κ3) is 3.44. The van der Waals surface area contributed by atoms with Crippen LogP contribution in [0.5, 0.6) is 0 Å². The van der Waals surface area contributed by atoms with Gasteiger partial charge in [0.1, 0.15) is 0 Å². The molecule has 0 bridgehead atoms. The van der Waals surface area contributed by atoms with Crippen molar-refractivity contribution < 1.29 is 41.1 Å². The summed E-state index contributed by atoms with van der Waals surface area (Å²) in [7, 11) is 0. The van der Waals surface area contributed by atoms with Crippen LogP contribution in [0.2, 0.25) is 4.28 Å². The van der Waals surface area contributed by atoms with Gasteiger partial charge in [0.15, 0.2) is 0 Å². The van der Waals surface area contributed by atoms with Gasteiger partial charge < -0.3 is 24.8 Å². The van der Waals surface area contributed by atoms with E-state index in [9.17, 15) is 0 Å². The first kappa shape index (κ1) is 18.7. The van der Waals surface area contributed by atoms with E-state index >= 15 is 0 Å². The minimum atomic E-state index is 0. The summed E-state index contributed by atoms with van der Waals surface area (Å²) in [5.74, 6) is 0. The van der Waals surface area contributed by atoms with E-state index in [-0.39, 0.29) is 29.1 Å². The molecule has 1 aliphatic rings. The van der Waals surface area contributed by atoms with Crippen LogP contribution in [0.1, 0.15) is 33.4 Å². The largest absolute Gasteiger partial charge is 1.00 e. The Balaban J connectivity index is 0.00000162. The summed E-state index contributed by atoms with van der Waals surface area (Å²) in [4.78, 5) is 4.43. The van der Waals surface area contributed by atoms with Crippen LogP contribution in [0.3, 0.4) is 0 Å². The molecule has 0 saturated heterocycles. The van der Waals surface area contributed by atoms with Gasteiger partial charge in [-0.05, 0) is 0 Å². The zero-order valence-corrected chi connectivity index (χ0v) is 14.4. The van der Waals surface area contributed by atoms with E-state index in [4.69, 9.17) is 0 Å². The molecular formula is C15H18Cl2CrN. The fourth-order valence-electron chi connectivity index (χ4n) is 2.43. The molecule has 0 fully saturated rings. The van der Waals surface area contributed by atoms with Crippen molar-refractivity contribution >= 4 is 0 Å². The van der Waals surface area contributed by atoms with Crippen molar-refractivity contribution in [2.45, 2.75) is 38.4 Å². The first-order valence-corrected chi connectivity index (χ1v) is 6.57. The van der Waals surface area contributed by atoms with Crippen molar-refractivity contribution in [2.24, 2.45) is 0 Å². The molecule has 1 nitrogen and oxygen atoms in total. The fourth-order valence-corrected chi connectivity index (χ4v) is 3.03. The molecule has 1 aromatic rings. The molecule has 19 heavy (non-hydrogen) atoms. The Morgan fingerprint density at radius 2 is 1.74 bits per heavy atom. The van der Waals surface area contributed by atoms with Crippen LogP contribution in [0.4, 0.5) is 0 Å². The molecule has 1 aromatic heterocycles. The quantitative estimate of drug-likeness (QED) is 0.611. The summed E-state index contributed by atoms with van der Waals surface area (Å²) in [6.07, 6.45) is 2.80. The molecule has 1 unspecified atom stereocenters. The second-order valence-corrected chi connectivity index (χ2v) is 6.16. The molecule has 0 spiro atoms. The number of rotatable bonds is 2. The number of aromatic nitrogens is 1. The van der Waals surface area contributed by atoms with Gasteiger partial charge in [-0.15, -0.1) is 0 Å². The van der Waals surface area contributed by atoms with Crippen molar-refractivity contribution in [2.75, 3.05) is 0 Å². The topological polar surface area (TPSA) is 12.9 Å². The summed E-state index contributed by atoms with van der Waals surface area (Å²) in [6.45, 7) is 8.92. The molecule has 0 aromatic carbocycles. The molecule has 1 atom stereocenters. The van der Waals surface area contributed by atoms with Gasteiger partial charge in [-0.3, -0.25) is 0 Å². The Hall–Kier alpha value is -0.258. The third-order valence-corrected chi connectivity index (χ3v) is 4.82. The van der Waals surface area contributed by atoms with Crippen LogP contribution in [-0.4, -0.2) is 4.98 Å². The van der Waals surface area contributed by atoms with Gasteiger partial charge in [0.2, 0.25) is 0 Å². The molecule has 103 valence electrons. The smallest absolute Gasteiger partial charge is 1.00 e. The number of nitrogens with zero attached hydrogens (tertiary/aromatic N) is 1. The maximum absolute atomic E-state index is 4.43. The molecule has 1 aliphatic carbocycles. The summed E-state index contributed by atoms with van der Waals surface area (Å²) in [5, 5.41) is 0. The minimum Gasteiger partial charge on any atom is -1.00 e. The van der Waals surface area contributed by atoms with Gasteiger partial charge in [-0.25, -0.2) is 0 Å².